The van der Waals surface area contributed by atoms with Crippen LogP contribution >= 0.6 is 0 Å². The van der Waals surface area contributed by atoms with Crippen LogP contribution in [0.25, 0.3) is 0 Å². The van der Waals surface area contributed by atoms with Gasteiger partial charge >= 0.3 is 0 Å². The lowest BCUT2D eigenvalue weighted by atomic mass is 9.87. The molecule has 3 rings (SSSR count). The van der Waals surface area contributed by atoms with Crippen molar-refractivity contribution in [3.63, 3.8) is 0 Å². The van der Waals surface area contributed by atoms with E-state index in [1.54, 1.807) is 24.1 Å². The molecule has 0 bridgehead atoms. The third kappa shape index (κ3) is 4.15. The highest BCUT2D eigenvalue weighted by atomic mass is 16.5. The Hall–Kier alpha value is -2.76. The molecule has 0 aliphatic carbocycles. The number of likely N-dealkylation sites (tertiary alicyclic amines) is 1. The Balaban J connectivity index is 1.85. The lowest BCUT2D eigenvalue weighted by Crippen LogP contribution is -2.36. The van der Waals surface area contributed by atoms with Crippen LogP contribution < -0.4 is 10.1 Å². The summed E-state index contributed by atoms with van der Waals surface area (Å²) >= 11 is 0. The number of benzene rings is 1. The zero-order valence-electron chi connectivity index (χ0n) is 15.8. The average molecular weight is 370 g/mol. The van der Waals surface area contributed by atoms with Gasteiger partial charge in [0.2, 0.25) is 5.91 Å². The highest BCUT2D eigenvalue weighted by Gasteiger charge is 2.42. The van der Waals surface area contributed by atoms with Crippen molar-refractivity contribution in [2.24, 2.45) is 5.92 Å². The summed E-state index contributed by atoms with van der Waals surface area (Å²) in [5.41, 5.74) is 0.949. The molecule has 1 aromatic heterocycles. The van der Waals surface area contributed by atoms with Gasteiger partial charge in [-0.15, -0.1) is 0 Å². The van der Waals surface area contributed by atoms with E-state index in [4.69, 9.17) is 9.15 Å². The number of carbonyl (C=O) groups is 2. The molecule has 0 radical (unpaired) electrons. The van der Waals surface area contributed by atoms with Gasteiger partial charge in [0.25, 0.3) is 5.91 Å². The zero-order chi connectivity index (χ0) is 19.2. The second-order valence-electron chi connectivity index (χ2n) is 6.79. The van der Waals surface area contributed by atoms with Crippen LogP contribution in [0.4, 0.5) is 0 Å². The second-order valence-corrected chi connectivity index (χ2v) is 6.79. The molecule has 2 amide bonds. The van der Waals surface area contributed by atoms with Gasteiger partial charge in [0, 0.05) is 25.6 Å². The fourth-order valence-electron chi connectivity index (χ4n) is 3.60. The molecule has 2 heterocycles. The summed E-state index contributed by atoms with van der Waals surface area (Å²) in [4.78, 5) is 27.3. The number of para-hydroxylation sites is 1. The Labute approximate surface area is 159 Å². The number of carbonyl (C=O) groups excluding carboxylic acids is 2. The predicted octanol–water partition coefficient (Wildman–Crippen LogP) is 3.06. The molecule has 1 N–H and O–H groups in total. The summed E-state index contributed by atoms with van der Waals surface area (Å²) in [6, 6.07) is 11.0. The van der Waals surface area contributed by atoms with Crippen LogP contribution in [-0.2, 0) is 4.79 Å². The largest absolute Gasteiger partial charge is 0.496 e. The van der Waals surface area contributed by atoms with Crippen LogP contribution in [0.2, 0.25) is 0 Å². The molecular weight excluding hydrogens is 344 g/mol. The van der Waals surface area contributed by atoms with E-state index in [-0.39, 0.29) is 23.7 Å². The van der Waals surface area contributed by atoms with E-state index in [0.29, 0.717) is 25.4 Å². The lowest BCUT2D eigenvalue weighted by Gasteiger charge is -2.20. The minimum absolute atomic E-state index is 0.0194. The number of methoxy groups -OCH3 is 1. The fraction of sp³-hybridized carbons (Fsp3) is 0.429. The molecule has 2 unspecified atom stereocenters. The van der Waals surface area contributed by atoms with Crippen molar-refractivity contribution in [3.05, 3.63) is 54.0 Å². The third-order valence-corrected chi connectivity index (χ3v) is 5.04. The molecule has 0 saturated carbocycles. The number of unbranched alkanes of at least 4 members (excludes halogenated alkanes) is 1. The molecule has 2 aromatic rings. The number of rotatable bonds is 7. The normalized spacial score (nSPS) is 19.1. The molecular formula is C21H26N2O4. The van der Waals surface area contributed by atoms with Crippen molar-refractivity contribution >= 4 is 11.8 Å². The molecule has 144 valence electrons. The minimum Gasteiger partial charge on any atom is -0.496 e. The molecule has 1 aliphatic rings. The molecule has 27 heavy (non-hydrogen) atoms. The Morgan fingerprint density at radius 3 is 2.74 bits per heavy atom. The quantitative estimate of drug-likeness (QED) is 0.761. The predicted molar refractivity (Wildman–Crippen MR) is 102 cm³/mol. The van der Waals surface area contributed by atoms with Crippen molar-refractivity contribution in [2.75, 3.05) is 26.7 Å². The first-order valence-electron chi connectivity index (χ1n) is 9.39. The van der Waals surface area contributed by atoms with Gasteiger partial charge in [0.15, 0.2) is 5.76 Å². The number of nitrogens with one attached hydrogen (secondary N) is 1. The summed E-state index contributed by atoms with van der Waals surface area (Å²) in [7, 11) is 1.62. The first-order chi connectivity index (χ1) is 13.2. The van der Waals surface area contributed by atoms with Gasteiger partial charge in [-0.25, -0.2) is 0 Å². The highest BCUT2D eigenvalue weighted by molar-refractivity contribution is 5.92. The summed E-state index contributed by atoms with van der Waals surface area (Å²) in [5.74, 6) is 0.374. The van der Waals surface area contributed by atoms with Crippen LogP contribution in [0.1, 0.15) is 41.8 Å². The highest BCUT2D eigenvalue weighted by Crippen LogP contribution is 2.38. The van der Waals surface area contributed by atoms with Gasteiger partial charge in [0.05, 0.1) is 19.3 Å². The van der Waals surface area contributed by atoms with E-state index in [9.17, 15) is 9.59 Å². The van der Waals surface area contributed by atoms with Crippen molar-refractivity contribution < 1.29 is 18.7 Å². The minimum atomic E-state index is -0.322. The van der Waals surface area contributed by atoms with Gasteiger partial charge in [-0.05, 0) is 30.2 Å². The number of nitrogens with zero attached hydrogens (tertiary/aromatic N) is 1. The zero-order valence-corrected chi connectivity index (χ0v) is 15.8. The Morgan fingerprint density at radius 2 is 2.04 bits per heavy atom. The van der Waals surface area contributed by atoms with E-state index in [1.807, 2.05) is 24.3 Å². The fourth-order valence-corrected chi connectivity index (χ4v) is 3.60. The van der Waals surface area contributed by atoms with Gasteiger partial charge in [-0.2, -0.15) is 0 Å². The first-order valence-corrected chi connectivity index (χ1v) is 9.39. The van der Waals surface area contributed by atoms with Gasteiger partial charge in [-0.3, -0.25) is 9.59 Å². The molecule has 1 aromatic carbocycles. The smallest absolute Gasteiger partial charge is 0.289 e. The number of ether oxygens (including phenoxy) is 1. The number of furan rings is 1. The molecule has 6 nitrogen and oxygen atoms in total. The van der Waals surface area contributed by atoms with E-state index in [0.717, 1.165) is 24.2 Å². The maximum absolute atomic E-state index is 12.8. The Morgan fingerprint density at radius 1 is 1.22 bits per heavy atom. The van der Waals surface area contributed by atoms with Crippen molar-refractivity contribution in [1.29, 1.82) is 0 Å². The lowest BCUT2D eigenvalue weighted by molar-refractivity contribution is -0.124. The van der Waals surface area contributed by atoms with Crippen molar-refractivity contribution in [3.8, 4) is 5.75 Å². The molecule has 6 heteroatoms. The third-order valence-electron chi connectivity index (χ3n) is 5.04. The van der Waals surface area contributed by atoms with Crippen molar-refractivity contribution in [2.45, 2.75) is 25.7 Å². The maximum Gasteiger partial charge on any atom is 0.289 e. The summed E-state index contributed by atoms with van der Waals surface area (Å²) in [6.45, 7) is 3.55. The molecule has 0 spiro atoms. The SMILES string of the molecule is CCCCNC(=O)C1CN(C(=O)c2ccco2)CC1c1ccccc1OC. The molecule has 1 fully saturated rings. The first kappa shape index (κ1) is 19.0. The van der Waals surface area contributed by atoms with E-state index >= 15 is 0 Å². The number of hydrogen-bond acceptors (Lipinski definition) is 4. The van der Waals surface area contributed by atoms with Crippen molar-refractivity contribution in [1.82, 2.24) is 10.2 Å². The van der Waals surface area contributed by atoms with E-state index < -0.39 is 0 Å². The summed E-state index contributed by atoms with van der Waals surface area (Å²) in [5, 5.41) is 3.02. The van der Waals surface area contributed by atoms with Gasteiger partial charge in [-0.1, -0.05) is 31.5 Å². The average Bonchev–Trinajstić information content (AvgIpc) is 3.37. The van der Waals surface area contributed by atoms with Gasteiger partial charge in [0.1, 0.15) is 5.75 Å². The van der Waals surface area contributed by atoms with Gasteiger partial charge < -0.3 is 19.4 Å². The van der Waals surface area contributed by atoms with Crippen LogP contribution in [0, 0.1) is 5.92 Å². The van der Waals surface area contributed by atoms with Crippen LogP contribution in [0.3, 0.4) is 0 Å². The topological polar surface area (TPSA) is 71.8 Å². The second kappa shape index (κ2) is 8.75. The van der Waals surface area contributed by atoms with Crippen LogP contribution in [0.15, 0.2) is 47.1 Å². The van der Waals surface area contributed by atoms with E-state index in [1.165, 1.54) is 6.26 Å². The number of amides is 2. The maximum atomic E-state index is 12.8. The van der Waals surface area contributed by atoms with Crippen LogP contribution in [-0.4, -0.2) is 43.5 Å². The number of hydrogen-bond donors (Lipinski definition) is 1. The molecule has 1 aliphatic heterocycles. The summed E-state index contributed by atoms with van der Waals surface area (Å²) in [6.07, 6.45) is 3.44. The Kier molecular flexibility index (Phi) is 6.16. The molecule has 2 atom stereocenters. The standard InChI is InChI=1S/C21H26N2O4/c1-3-4-11-22-20(24)17-14-23(21(25)19-10-7-12-27-19)13-16(17)15-8-5-6-9-18(15)26-2/h5-10,12,16-17H,3-4,11,13-14H2,1-2H3,(H,22,24). The van der Waals surface area contributed by atoms with Crippen LogP contribution in [0.5, 0.6) is 5.75 Å². The monoisotopic (exact) mass is 370 g/mol. The molecule has 1 saturated heterocycles. The Bertz CT molecular complexity index is 772. The van der Waals surface area contributed by atoms with E-state index in [2.05, 4.69) is 12.2 Å². The summed E-state index contributed by atoms with van der Waals surface area (Å²) < 4.78 is 10.8.